The SMILES string of the molecule is CCOC(=O)CC(N)c1cc(Br)cc(C)c1F.Cl. The molecule has 0 aliphatic heterocycles. The molecule has 0 radical (unpaired) electrons. The average molecular weight is 341 g/mol. The lowest BCUT2D eigenvalue weighted by Gasteiger charge is -2.14. The molecule has 2 N–H and O–H groups in total. The highest BCUT2D eigenvalue weighted by Crippen LogP contribution is 2.25. The summed E-state index contributed by atoms with van der Waals surface area (Å²) in [6.45, 7) is 3.67. The fraction of sp³-hybridized carbons (Fsp3) is 0.417. The molecule has 0 spiro atoms. The van der Waals surface area contributed by atoms with Gasteiger partial charge in [0.1, 0.15) is 5.82 Å². The molecule has 1 atom stereocenters. The first-order valence-electron chi connectivity index (χ1n) is 5.32. The number of halogens is 3. The molecule has 1 aromatic rings. The Bertz CT molecular complexity index is 429. The van der Waals surface area contributed by atoms with E-state index in [1.54, 1.807) is 26.0 Å². The fourth-order valence-electron chi connectivity index (χ4n) is 1.53. The summed E-state index contributed by atoms with van der Waals surface area (Å²) in [4.78, 5) is 11.3. The van der Waals surface area contributed by atoms with Crippen LogP contribution in [0.1, 0.15) is 30.5 Å². The molecule has 0 aromatic heterocycles. The van der Waals surface area contributed by atoms with Gasteiger partial charge in [-0.1, -0.05) is 15.9 Å². The summed E-state index contributed by atoms with van der Waals surface area (Å²) in [6, 6.07) is 2.56. The number of hydrogen-bond donors (Lipinski definition) is 1. The zero-order valence-corrected chi connectivity index (χ0v) is 12.6. The molecular formula is C12H16BrClFNO2. The minimum absolute atomic E-state index is 0. The monoisotopic (exact) mass is 339 g/mol. The number of ether oxygens (including phenoxy) is 1. The third-order valence-corrected chi connectivity index (χ3v) is 2.80. The van der Waals surface area contributed by atoms with Crippen LogP contribution in [-0.4, -0.2) is 12.6 Å². The van der Waals surface area contributed by atoms with Crippen LogP contribution in [0.3, 0.4) is 0 Å². The number of benzene rings is 1. The van der Waals surface area contributed by atoms with Crippen molar-refractivity contribution in [3.63, 3.8) is 0 Å². The average Bonchev–Trinajstić information content (AvgIpc) is 2.23. The molecule has 0 saturated carbocycles. The third kappa shape index (κ3) is 4.55. The van der Waals surface area contributed by atoms with E-state index in [2.05, 4.69) is 15.9 Å². The van der Waals surface area contributed by atoms with E-state index >= 15 is 0 Å². The van der Waals surface area contributed by atoms with Gasteiger partial charge >= 0.3 is 5.97 Å². The van der Waals surface area contributed by atoms with Crippen molar-refractivity contribution >= 4 is 34.3 Å². The van der Waals surface area contributed by atoms with Gasteiger partial charge in [0.25, 0.3) is 0 Å². The Morgan fingerprint density at radius 1 is 1.56 bits per heavy atom. The van der Waals surface area contributed by atoms with Crippen molar-refractivity contribution in [1.29, 1.82) is 0 Å². The quantitative estimate of drug-likeness (QED) is 0.856. The third-order valence-electron chi connectivity index (χ3n) is 2.34. The first kappa shape index (κ1) is 17.4. The molecular weight excluding hydrogens is 324 g/mol. The van der Waals surface area contributed by atoms with Gasteiger partial charge in [0.2, 0.25) is 0 Å². The molecule has 1 aromatic carbocycles. The summed E-state index contributed by atoms with van der Waals surface area (Å²) >= 11 is 3.27. The summed E-state index contributed by atoms with van der Waals surface area (Å²) in [5.74, 6) is -0.790. The van der Waals surface area contributed by atoms with Crippen molar-refractivity contribution in [2.24, 2.45) is 5.73 Å². The lowest BCUT2D eigenvalue weighted by molar-refractivity contribution is -0.143. The largest absolute Gasteiger partial charge is 0.466 e. The van der Waals surface area contributed by atoms with Gasteiger partial charge in [-0.3, -0.25) is 4.79 Å². The van der Waals surface area contributed by atoms with Crippen LogP contribution in [0, 0.1) is 12.7 Å². The standard InChI is InChI=1S/C12H15BrFNO2.ClH/c1-3-17-11(16)6-10(15)9-5-8(13)4-7(2)12(9)14;/h4-5,10H,3,6,15H2,1-2H3;1H. The molecule has 3 nitrogen and oxygen atoms in total. The van der Waals surface area contributed by atoms with Crippen molar-refractivity contribution < 1.29 is 13.9 Å². The van der Waals surface area contributed by atoms with Crippen molar-refractivity contribution in [2.75, 3.05) is 6.61 Å². The van der Waals surface area contributed by atoms with E-state index in [1.807, 2.05) is 0 Å². The second-order valence-electron chi connectivity index (χ2n) is 3.74. The van der Waals surface area contributed by atoms with Gasteiger partial charge in [0.05, 0.1) is 13.0 Å². The molecule has 0 bridgehead atoms. The van der Waals surface area contributed by atoms with Crippen LogP contribution in [0.25, 0.3) is 0 Å². The van der Waals surface area contributed by atoms with E-state index in [9.17, 15) is 9.18 Å². The molecule has 0 fully saturated rings. The van der Waals surface area contributed by atoms with Gasteiger partial charge in [-0.05, 0) is 31.5 Å². The van der Waals surface area contributed by atoms with E-state index in [-0.39, 0.29) is 24.6 Å². The van der Waals surface area contributed by atoms with E-state index in [0.29, 0.717) is 17.7 Å². The molecule has 0 heterocycles. The normalized spacial score (nSPS) is 11.6. The summed E-state index contributed by atoms with van der Waals surface area (Å²) in [5, 5.41) is 0. The van der Waals surface area contributed by atoms with Crippen molar-refractivity contribution in [3.8, 4) is 0 Å². The zero-order chi connectivity index (χ0) is 13.0. The predicted octanol–water partition coefficient (Wildman–Crippen LogP) is 3.27. The summed E-state index contributed by atoms with van der Waals surface area (Å²) < 4.78 is 19.3. The van der Waals surface area contributed by atoms with Crippen molar-refractivity contribution in [3.05, 3.63) is 33.5 Å². The summed E-state index contributed by atoms with van der Waals surface area (Å²) in [7, 11) is 0. The number of aryl methyl sites for hydroxylation is 1. The molecule has 1 rings (SSSR count). The maximum atomic E-state index is 13.8. The fourth-order valence-corrected chi connectivity index (χ4v) is 2.12. The highest BCUT2D eigenvalue weighted by atomic mass is 79.9. The Morgan fingerprint density at radius 2 is 2.17 bits per heavy atom. The van der Waals surface area contributed by atoms with Gasteiger partial charge in [-0.15, -0.1) is 12.4 Å². The molecule has 18 heavy (non-hydrogen) atoms. The molecule has 0 amide bonds. The molecule has 1 unspecified atom stereocenters. The zero-order valence-electron chi connectivity index (χ0n) is 10.2. The summed E-state index contributed by atoms with van der Waals surface area (Å²) in [6.07, 6.45) is -0.0271. The first-order valence-corrected chi connectivity index (χ1v) is 6.11. The minimum Gasteiger partial charge on any atom is -0.466 e. The van der Waals surface area contributed by atoms with Crippen LogP contribution in [0.2, 0.25) is 0 Å². The number of esters is 1. The Hall–Kier alpha value is -0.650. The lowest BCUT2D eigenvalue weighted by Crippen LogP contribution is -2.18. The van der Waals surface area contributed by atoms with Crippen LogP contribution in [0.15, 0.2) is 16.6 Å². The number of rotatable bonds is 4. The van der Waals surface area contributed by atoms with Crippen LogP contribution in [0.5, 0.6) is 0 Å². The Morgan fingerprint density at radius 3 is 2.72 bits per heavy atom. The molecule has 0 aliphatic rings. The van der Waals surface area contributed by atoms with Crippen LogP contribution >= 0.6 is 28.3 Å². The van der Waals surface area contributed by atoms with Gasteiger partial charge in [0, 0.05) is 16.1 Å². The van der Waals surface area contributed by atoms with Crippen LogP contribution in [-0.2, 0) is 9.53 Å². The Kier molecular flexibility index (Phi) is 7.43. The molecule has 0 saturated heterocycles. The van der Waals surface area contributed by atoms with E-state index < -0.39 is 12.0 Å². The Balaban J connectivity index is 0.00000289. The van der Waals surface area contributed by atoms with Crippen molar-refractivity contribution in [1.82, 2.24) is 0 Å². The summed E-state index contributed by atoms with van der Waals surface area (Å²) in [5.41, 5.74) is 6.62. The van der Waals surface area contributed by atoms with Crippen LogP contribution in [0.4, 0.5) is 4.39 Å². The van der Waals surface area contributed by atoms with Crippen LogP contribution < -0.4 is 5.73 Å². The second-order valence-corrected chi connectivity index (χ2v) is 4.66. The van der Waals surface area contributed by atoms with Gasteiger partial charge in [0.15, 0.2) is 0 Å². The molecule has 102 valence electrons. The maximum absolute atomic E-state index is 13.8. The van der Waals surface area contributed by atoms with E-state index in [0.717, 1.165) is 4.47 Å². The predicted molar refractivity (Wildman–Crippen MR) is 74.3 cm³/mol. The number of nitrogens with two attached hydrogens (primary N) is 1. The van der Waals surface area contributed by atoms with Crippen molar-refractivity contribution in [2.45, 2.75) is 26.3 Å². The molecule has 6 heteroatoms. The molecule has 0 aliphatic carbocycles. The van der Waals surface area contributed by atoms with E-state index in [1.165, 1.54) is 0 Å². The Labute approximate surface area is 120 Å². The highest BCUT2D eigenvalue weighted by molar-refractivity contribution is 9.10. The van der Waals surface area contributed by atoms with Gasteiger partial charge < -0.3 is 10.5 Å². The van der Waals surface area contributed by atoms with Gasteiger partial charge in [-0.25, -0.2) is 4.39 Å². The second kappa shape index (κ2) is 7.71. The van der Waals surface area contributed by atoms with Gasteiger partial charge in [-0.2, -0.15) is 0 Å². The number of carbonyl (C=O) groups excluding carboxylic acids is 1. The lowest BCUT2D eigenvalue weighted by atomic mass is 10.0. The topological polar surface area (TPSA) is 52.3 Å². The maximum Gasteiger partial charge on any atom is 0.307 e. The first-order chi connectivity index (χ1) is 7.95. The number of carbonyl (C=O) groups is 1. The highest BCUT2D eigenvalue weighted by Gasteiger charge is 2.18. The minimum atomic E-state index is -0.690. The van der Waals surface area contributed by atoms with E-state index in [4.69, 9.17) is 10.5 Å². The smallest absolute Gasteiger partial charge is 0.307 e. The number of hydrogen-bond acceptors (Lipinski definition) is 3.